The van der Waals surface area contributed by atoms with E-state index in [1.165, 1.54) is 0 Å². The molecule has 0 heterocycles. The molecule has 0 atom stereocenters. The van der Waals surface area contributed by atoms with Crippen LogP contribution in [-0.2, 0) is 10.8 Å². The Labute approximate surface area is 161 Å². The van der Waals surface area contributed by atoms with Gasteiger partial charge in [0, 0.05) is 19.8 Å². The molecular weight excluding hydrogens is 435 g/mol. The van der Waals surface area contributed by atoms with Crippen molar-refractivity contribution in [2.75, 3.05) is 13.3 Å². The van der Waals surface area contributed by atoms with E-state index < -0.39 is 0 Å². The van der Waals surface area contributed by atoms with Crippen molar-refractivity contribution in [2.45, 2.75) is 38.5 Å². The molecule has 0 saturated heterocycles. The maximum Gasteiger partial charge on any atom is 0.0985 e. The van der Waals surface area contributed by atoms with Crippen molar-refractivity contribution in [1.82, 2.24) is 0 Å². The van der Waals surface area contributed by atoms with E-state index in [0.717, 1.165) is 20.1 Å². The Kier molecular flexibility index (Phi) is 8.10. The highest BCUT2D eigenvalue weighted by Crippen LogP contribution is 2.25. The molecule has 0 radical (unpaired) electrons. The first-order chi connectivity index (χ1) is 11.1. The zero-order valence-electron chi connectivity index (χ0n) is 14.6. The van der Waals surface area contributed by atoms with Crippen molar-refractivity contribution in [3.05, 3.63) is 68.6 Å². The summed E-state index contributed by atoms with van der Waals surface area (Å²) in [5.74, 6) is 0. The van der Waals surface area contributed by atoms with Crippen molar-refractivity contribution in [2.24, 2.45) is 0 Å². The maximum atomic E-state index is 12.5. The molecule has 0 aromatic heterocycles. The third kappa shape index (κ3) is 6.30. The fourth-order valence-corrected chi connectivity index (χ4v) is 2.50. The van der Waals surface area contributed by atoms with Gasteiger partial charge in [0.05, 0.1) is 13.3 Å². The van der Waals surface area contributed by atoms with Crippen molar-refractivity contribution in [1.29, 1.82) is 0 Å². The van der Waals surface area contributed by atoms with Gasteiger partial charge in [-0.25, -0.2) is 0 Å². The zero-order chi connectivity index (χ0) is 18.4. The molecule has 0 aliphatic heterocycles. The first-order valence-corrected chi connectivity index (χ1v) is 9.40. The van der Waals surface area contributed by atoms with Crippen molar-refractivity contribution in [3.63, 3.8) is 0 Å². The van der Waals surface area contributed by atoms with Gasteiger partial charge < -0.3 is 5.11 Å². The van der Waals surface area contributed by atoms with Crippen LogP contribution in [0.1, 0.15) is 38.8 Å². The van der Waals surface area contributed by atoms with E-state index in [-0.39, 0.29) is 24.1 Å². The van der Waals surface area contributed by atoms with Gasteiger partial charge in [0.2, 0.25) is 0 Å². The fourth-order valence-electron chi connectivity index (χ4n) is 1.97. The molecule has 0 bridgehead atoms. The van der Waals surface area contributed by atoms with E-state index in [0.29, 0.717) is 0 Å². The minimum Gasteiger partial charge on any atom is -0.395 e. The van der Waals surface area contributed by atoms with Crippen LogP contribution in [-0.4, -0.2) is 18.4 Å². The van der Waals surface area contributed by atoms with Crippen LogP contribution < -0.4 is 0 Å². The number of rotatable bonds is 4. The Morgan fingerprint density at radius 2 is 1.08 bits per heavy atom. The van der Waals surface area contributed by atoms with Crippen LogP contribution in [0.5, 0.6) is 0 Å². The average Bonchev–Trinajstić information content (AvgIpc) is 2.56. The SMILES string of the molecule is CC(C)(CF)c1ccc(Br)cc1.CC(C)(CO)c1ccc(Br)cc1. The Balaban J connectivity index is 0.000000240. The third-order valence-corrected chi connectivity index (χ3v) is 5.04. The summed E-state index contributed by atoms with van der Waals surface area (Å²) >= 11 is 6.71. The van der Waals surface area contributed by atoms with Gasteiger partial charge in [-0.1, -0.05) is 83.8 Å². The second-order valence-corrected chi connectivity index (χ2v) is 8.90. The number of aliphatic hydroxyl groups is 1. The predicted octanol–water partition coefficient (Wildman–Crippen LogP) is 6.42. The van der Waals surface area contributed by atoms with Crippen LogP contribution >= 0.6 is 31.9 Å². The number of hydrogen-bond donors (Lipinski definition) is 1. The van der Waals surface area contributed by atoms with Gasteiger partial charge in [-0.05, 0) is 35.4 Å². The van der Waals surface area contributed by atoms with Gasteiger partial charge in [0.25, 0.3) is 0 Å². The van der Waals surface area contributed by atoms with Gasteiger partial charge in [-0.2, -0.15) is 0 Å². The van der Waals surface area contributed by atoms with Crippen molar-refractivity contribution >= 4 is 31.9 Å². The summed E-state index contributed by atoms with van der Waals surface area (Å²) in [5.41, 5.74) is 1.70. The summed E-state index contributed by atoms with van der Waals surface area (Å²) in [7, 11) is 0. The van der Waals surface area contributed by atoms with Crippen LogP contribution in [0, 0.1) is 0 Å². The number of halogens is 3. The van der Waals surface area contributed by atoms with Crippen LogP contribution in [0.3, 0.4) is 0 Å². The van der Waals surface area contributed by atoms with E-state index in [1.54, 1.807) is 0 Å². The molecule has 1 nitrogen and oxygen atoms in total. The number of hydrogen-bond acceptors (Lipinski definition) is 1. The molecule has 132 valence electrons. The summed E-state index contributed by atoms with van der Waals surface area (Å²) in [6.07, 6.45) is 0. The average molecular weight is 460 g/mol. The zero-order valence-corrected chi connectivity index (χ0v) is 17.8. The van der Waals surface area contributed by atoms with Crippen LogP contribution in [0.25, 0.3) is 0 Å². The smallest absolute Gasteiger partial charge is 0.0985 e. The highest BCUT2D eigenvalue weighted by Gasteiger charge is 2.19. The van der Waals surface area contributed by atoms with E-state index in [9.17, 15) is 4.39 Å². The van der Waals surface area contributed by atoms with E-state index >= 15 is 0 Å². The Morgan fingerprint density at radius 3 is 1.38 bits per heavy atom. The summed E-state index contributed by atoms with van der Waals surface area (Å²) < 4.78 is 14.6. The Bertz CT molecular complexity index is 562. The first kappa shape index (κ1) is 21.3. The molecular formula is C20H25Br2FO. The largest absolute Gasteiger partial charge is 0.395 e. The molecule has 0 amide bonds. The van der Waals surface area contributed by atoms with Gasteiger partial charge in [0.1, 0.15) is 0 Å². The second kappa shape index (κ2) is 9.12. The lowest BCUT2D eigenvalue weighted by atomic mass is 9.86. The Morgan fingerprint density at radius 1 is 0.750 bits per heavy atom. The lowest BCUT2D eigenvalue weighted by Crippen LogP contribution is -2.21. The summed E-state index contributed by atoms with van der Waals surface area (Å²) in [6.45, 7) is 7.70. The van der Waals surface area contributed by atoms with E-state index in [1.807, 2.05) is 76.2 Å². The maximum absolute atomic E-state index is 12.5. The molecule has 0 aliphatic carbocycles. The lowest BCUT2D eigenvalue weighted by Gasteiger charge is -2.21. The van der Waals surface area contributed by atoms with Crippen LogP contribution in [0.4, 0.5) is 4.39 Å². The topological polar surface area (TPSA) is 20.2 Å². The van der Waals surface area contributed by atoms with E-state index in [2.05, 4.69) is 31.9 Å². The molecule has 2 aromatic rings. The second-order valence-electron chi connectivity index (χ2n) is 7.07. The molecule has 0 spiro atoms. The molecule has 24 heavy (non-hydrogen) atoms. The molecule has 2 rings (SSSR count). The van der Waals surface area contributed by atoms with Gasteiger partial charge in [-0.3, -0.25) is 4.39 Å². The Hall–Kier alpha value is -0.710. The number of benzene rings is 2. The van der Waals surface area contributed by atoms with Crippen LogP contribution in [0.15, 0.2) is 57.5 Å². The molecule has 2 aromatic carbocycles. The highest BCUT2D eigenvalue weighted by atomic mass is 79.9. The lowest BCUT2D eigenvalue weighted by molar-refractivity contribution is 0.218. The molecule has 0 fully saturated rings. The van der Waals surface area contributed by atoms with Crippen LogP contribution in [0.2, 0.25) is 0 Å². The highest BCUT2D eigenvalue weighted by molar-refractivity contribution is 9.10. The quantitative estimate of drug-likeness (QED) is 0.559. The predicted molar refractivity (Wildman–Crippen MR) is 107 cm³/mol. The fraction of sp³-hybridized carbons (Fsp3) is 0.400. The molecule has 4 heteroatoms. The standard InChI is InChI=1S/C10H12BrF.C10H13BrO/c2*1-10(2,7-12)8-3-5-9(11)6-4-8/h3-6H,7H2,1-2H3;3-6,12H,7H2,1-2H3. The molecule has 0 aliphatic rings. The first-order valence-electron chi connectivity index (χ1n) is 7.81. The molecule has 0 saturated carbocycles. The minimum atomic E-state index is -0.360. The number of aliphatic hydroxyl groups excluding tert-OH is 1. The van der Waals surface area contributed by atoms with Gasteiger partial charge >= 0.3 is 0 Å². The summed E-state index contributed by atoms with van der Waals surface area (Å²) in [4.78, 5) is 0. The summed E-state index contributed by atoms with van der Waals surface area (Å²) in [6, 6.07) is 15.8. The van der Waals surface area contributed by atoms with Gasteiger partial charge in [-0.15, -0.1) is 0 Å². The van der Waals surface area contributed by atoms with Crippen molar-refractivity contribution < 1.29 is 9.50 Å². The monoisotopic (exact) mass is 458 g/mol. The number of alkyl halides is 1. The third-order valence-electron chi connectivity index (χ3n) is 3.98. The van der Waals surface area contributed by atoms with Gasteiger partial charge in [0.15, 0.2) is 0 Å². The summed E-state index contributed by atoms with van der Waals surface area (Å²) in [5, 5.41) is 9.11. The van der Waals surface area contributed by atoms with E-state index in [4.69, 9.17) is 5.11 Å². The minimum absolute atomic E-state index is 0.138. The molecule has 0 unspecified atom stereocenters. The molecule has 1 N–H and O–H groups in total. The normalized spacial score (nSPS) is 11.7. The van der Waals surface area contributed by atoms with Crippen molar-refractivity contribution in [3.8, 4) is 0 Å².